The Kier molecular flexibility index (Phi) is 5.05. The maximum atomic E-state index is 12.9. The molecule has 0 spiro atoms. The number of carbonyl (C=O) groups excluding carboxylic acids is 1. The van der Waals surface area contributed by atoms with Crippen molar-refractivity contribution in [3.8, 4) is 0 Å². The van der Waals surface area contributed by atoms with Crippen LogP contribution in [-0.2, 0) is 14.8 Å². The summed E-state index contributed by atoms with van der Waals surface area (Å²) in [6, 6.07) is 14.3. The molecule has 4 rings (SSSR count). The van der Waals surface area contributed by atoms with Gasteiger partial charge in [0, 0.05) is 44.2 Å². The lowest BCUT2D eigenvalue weighted by atomic mass is 10.2. The van der Waals surface area contributed by atoms with E-state index in [0.29, 0.717) is 31.9 Å². The van der Waals surface area contributed by atoms with Gasteiger partial charge < -0.3 is 10.2 Å². The molecule has 0 bridgehead atoms. The second-order valence-corrected chi connectivity index (χ2v) is 9.34. The molecule has 2 heterocycles. The van der Waals surface area contributed by atoms with Crippen LogP contribution in [0, 0.1) is 0 Å². The number of benzene rings is 2. The van der Waals surface area contributed by atoms with Crippen molar-refractivity contribution in [1.29, 1.82) is 0 Å². The van der Waals surface area contributed by atoms with Crippen molar-refractivity contribution >= 4 is 49.1 Å². The van der Waals surface area contributed by atoms with E-state index in [1.165, 1.54) is 34.9 Å². The minimum Gasteiger partial charge on any atom is -0.353 e. The summed E-state index contributed by atoms with van der Waals surface area (Å²) in [6.45, 7) is 3.41. The van der Waals surface area contributed by atoms with E-state index in [0.717, 1.165) is 15.9 Å². The van der Waals surface area contributed by atoms with Crippen LogP contribution in [0.3, 0.4) is 0 Å². The third kappa shape index (κ3) is 3.60. The Bertz CT molecular complexity index is 1100. The third-order valence-corrected chi connectivity index (χ3v) is 7.44. The number of nitrogens with zero attached hydrogens (tertiary/aromatic N) is 3. The van der Waals surface area contributed by atoms with E-state index in [4.69, 9.17) is 0 Å². The molecule has 146 valence electrons. The summed E-state index contributed by atoms with van der Waals surface area (Å²) in [7, 11) is -3.57. The molecule has 1 aliphatic rings. The molecule has 7 nitrogen and oxygen atoms in total. The van der Waals surface area contributed by atoms with Crippen LogP contribution in [-0.4, -0.2) is 49.2 Å². The van der Waals surface area contributed by atoms with Crippen molar-refractivity contribution in [2.75, 3.05) is 36.4 Å². The molecule has 1 amide bonds. The van der Waals surface area contributed by atoms with E-state index in [1.807, 2.05) is 24.3 Å². The first kappa shape index (κ1) is 18.9. The van der Waals surface area contributed by atoms with Gasteiger partial charge >= 0.3 is 0 Å². The summed E-state index contributed by atoms with van der Waals surface area (Å²) in [5.41, 5.74) is 0.576. The van der Waals surface area contributed by atoms with Crippen LogP contribution in [0.25, 0.3) is 10.1 Å². The smallest absolute Gasteiger partial charge is 0.243 e. The minimum absolute atomic E-state index is 0.193. The second-order valence-electron chi connectivity index (χ2n) is 6.60. The van der Waals surface area contributed by atoms with E-state index in [-0.39, 0.29) is 10.8 Å². The SMILES string of the molecule is CC(=O)Nc1ccc(S(=O)(=O)N2CCN(c3nsc4ccccc34)CC2)cc1. The first-order valence-electron chi connectivity index (χ1n) is 8.92. The number of amides is 1. The van der Waals surface area contributed by atoms with Crippen LogP contribution in [0.2, 0.25) is 0 Å². The molecule has 3 aromatic rings. The Morgan fingerprint density at radius 3 is 2.39 bits per heavy atom. The van der Waals surface area contributed by atoms with E-state index in [1.54, 1.807) is 12.1 Å². The van der Waals surface area contributed by atoms with E-state index < -0.39 is 10.0 Å². The Balaban J connectivity index is 1.47. The topological polar surface area (TPSA) is 82.6 Å². The van der Waals surface area contributed by atoms with E-state index in [9.17, 15) is 13.2 Å². The maximum Gasteiger partial charge on any atom is 0.243 e. The third-order valence-electron chi connectivity index (χ3n) is 4.71. The molecule has 1 N–H and O–H groups in total. The number of aromatic nitrogens is 1. The summed E-state index contributed by atoms with van der Waals surface area (Å²) < 4.78 is 33.1. The number of piperazine rings is 1. The Hall–Kier alpha value is -2.49. The van der Waals surface area contributed by atoms with Crippen molar-refractivity contribution in [3.05, 3.63) is 48.5 Å². The number of carbonyl (C=O) groups is 1. The summed E-state index contributed by atoms with van der Waals surface area (Å²) in [6.07, 6.45) is 0. The molecule has 2 aromatic carbocycles. The van der Waals surface area contributed by atoms with E-state index in [2.05, 4.69) is 14.6 Å². The van der Waals surface area contributed by atoms with Crippen molar-refractivity contribution in [2.45, 2.75) is 11.8 Å². The van der Waals surface area contributed by atoms with Crippen LogP contribution in [0.1, 0.15) is 6.92 Å². The van der Waals surface area contributed by atoms with Crippen LogP contribution < -0.4 is 10.2 Å². The molecule has 1 aromatic heterocycles. The van der Waals surface area contributed by atoms with Crippen LogP contribution >= 0.6 is 11.5 Å². The highest BCUT2D eigenvalue weighted by Crippen LogP contribution is 2.30. The lowest BCUT2D eigenvalue weighted by Crippen LogP contribution is -2.48. The molecule has 9 heteroatoms. The fourth-order valence-corrected chi connectivity index (χ4v) is 5.52. The van der Waals surface area contributed by atoms with Crippen molar-refractivity contribution in [3.63, 3.8) is 0 Å². The van der Waals surface area contributed by atoms with Gasteiger partial charge in [-0.2, -0.15) is 8.68 Å². The Morgan fingerprint density at radius 1 is 1.04 bits per heavy atom. The minimum atomic E-state index is -3.57. The molecule has 0 atom stereocenters. The number of hydrogen-bond donors (Lipinski definition) is 1. The highest BCUT2D eigenvalue weighted by molar-refractivity contribution is 7.89. The van der Waals surface area contributed by atoms with Crippen LogP contribution in [0.5, 0.6) is 0 Å². The molecule has 0 unspecified atom stereocenters. The Morgan fingerprint density at radius 2 is 1.71 bits per heavy atom. The van der Waals surface area contributed by atoms with Crippen LogP contribution in [0.4, 0.5) is 11.5 Å². The molecule has 0 radical (unpaired) electrons. The van der Waals surface area contributed by atoms with Crippen molar-refractivity contribution in [1.82, 2.24) is 8.68 Å². The van der Waals surface area contributed by atoms with Gasteiger partial charge in [0.05, 0.1) is 9.60 Å². The number of fused-ring (bicyclic) bond motifs is 1. The normalized spacial score (nSPS) is 15.7. The lowest BCUT2D eigenvalue weighted by Gasteiger charge is -2.34. The van der Waals surface area contributed by atoms with Gasteiger partial charge in [-0.1, -0.05) is 12.1 Å². The van der Waals surface area contributed by atoms with Gasteiger partial charge in [-0.3, -0.25) is 4.79 Å². The van der Waals surface area contributed by atoms with Crippen molar-refractivity contribution < 1.29 is 13.2 Å². The average molecular weight is 417 g/mol. The molecule has 28 heavy (non-hydrogen) atoms. The standard InChI is InChI=1S/C19H20N4O3S2/c1-14(24)20-15-6-8-16(9-7-15)28(25,26)23-12-10-22(11-13-23)19-17-4-2-3-5-18(17)27-21-19/h2-9H,10-13H2,1H3,(H,20,24). The zero-order valence-corrected chi connectivity index (χ0v) is 17.0. The average Bonchev–Trinajstić information content (AvgIpc) is 3.12. The number of nitrogens with one attached hydrogen (secondary N) is 1. The largest absolute Gasteiger partial charge is 0.353 e. The Labute approximate surface area is 167 Å². The fraction of sp³-hybridized carbons (Fsp3) is 0.263. The van der Waals surface area contributed by atoms with Gasteiger partial charge in [0.2, 0.25) is 15.9 Å². The van der Waals surface area contributed by atoms with Gasteiger partial charge in [0.15, 0.2) is 0 Å². The van der Waals surface area contributed by atoms with Gasteiger partial charge in [0.25, 0.3) is 0 Å². The lowest BCUT2D eigenvalue weighted by molar-refractivity contribution is -0.114. The number of anilines is 2. The summed E-state index contributed by atoms with van der Waals surface area (Å²) >= 11 is 1.46. The molecule has 0 aliphatic carbocycles. The molecular weight excluding hydrogens is 396 g/mol. The fourth-order valence-electron chi connectivity index (χ4n) is 3.30. The molecule has 1 fully saturated rings. The first-order chi connectivity index (χ1) is 13.4. The molecule has 1 saturated heterocycles. The van der Waals surface area contributed by atoms with Gasteiger partial charge in [-0.05, 0) is 47.9 Å². The zero-order valence-electron chi connectivity index (χ0n) is 15.3. The monoisotopic (exact) mass is 416 g/mol. The summed E-state index contributed by atoms with van der Waals surface area (Å²) in [5.74, 6) is 0.735. The number of rotatable bonds is 4. The predicted octanol–water partition coefficient (Wildman–Crippen LogP) is 2.77. The zero-order chi connectivity index (χ0) is 19.7. The number of hydrogen-bond acceptors (Lipinski definition) is 6. The number of sulfonamides is 1. The summed E-state index contributed by atoms with van der Waals surface area (Å²) in [4.78, 5) is 13.5. The summed E-state index contributed by atoms with van der Waals surface area (Å²) in [5, 5.41) is 3.75. The maximum absolute atomic E-state index is 12.9. The molecule has 1 aliphatic heterocycles. The van der Waals surface area contributed by atoms with Gasteiger partial charge in [-0.15, -0.1) is 0 Å². The predicted molar refractivity (Wildman–Crippen MR) is 111 cm³/mol. The molecule has 0 saturated carbocycles. The van der Waals surface area contributed by atoms with Crippen molar-refractivity contribution in [2.24, 2.45) is 0 Å². The molecular formula is C19H20N4O3S2. The highest BCUT2D eigenvalue weighted by Gasteiger charge is 2.29. The van der Waals surface area contributed by atoms with E-state index >= 15 is 0 Å². The highest BCUT2D eigenvalue weighted by atomic mass is 32.2. The van der Waals surface area contributed by atoms with Gasteiger partial charge in [-0.25, -0.2) is 8.42 Å². The first-order valence-corrected chi connectivity index (χ1v) is 11.1. The van der Waals surface area contributed by atoms with Crippen LogP contribution in [0.15, 0.2) is 53.4 Å². The quantitative estimate of drug-likeness (QED) is 0.707. The second kappa shape index (κ2) is 7.50. The van der Waals surface area contributed by atoms with Gasteiger partial charge in [0.1, 0.15) is 5.82 Å².